The third kappa shape index (κ3) is 4.37. The lowest BCUT2D eigenvalue weighted by Crippen LogP contribution is -2.02. The van der Waals surface area contributed by atoms with Crippen molar-refractivity contribution in [2.24, 2.45) is 0 Å². The van der Waals surface area contributed by atoms with Crippen molar-refractivity contribution in [3.8, 4) is 6.07 Å². The number of pyridine rings is 1. The van der Waals surface area contributed by atoms with Gasteiger partial charge in [0.1, 0.15) is 17.8 Å². The molecule has 0 bridgehead atoms. The van der Waals surface area contributed by atoms with Gasteiger partial charge in [0, 0.05) is 29.6 Å². The molecule has 1 aromatic carbocycles. The van der Waals surface area contributed by atoms with E-state index >= 15 is 0 Å². The Morgan fingerprint density at radius 1 is 1.23 bits per heavy atom. The summed E-state index contributed by atoms with van der Waals surface area (Å²) in [6.45, 7) is 2.38. The molecule has 0 aliphatic rings. The summed E-state index contributed by atoms with van der Waals surface area (Å²) in [7, 11) is 0. The Labute approximate surface area is 184 Å². The third-order valence-corrected chi connectivity index (χ3v) is 5.31. The zero-order valence-electron chi connectivity index (χ0n) is 16.8. The molecule has 0 radical (unpaired) electrons. The minimum atomic E-state index is -0.523. The van der Waals surface area contributed by atoms with Crippen LogP contribution >= 0.6 is 11.6 Å². The van der Waals surface area contributed by atoms with Crippen molar-refractivity contribution in [2.75, 3.05) is 0 Å². The number of hydrogen-bond donors (Lipinski definition) is 0. The van der Waals surface area contributed by atoms with Gasteiger partial charge in [-0.3, -0.25) is 0 Å². The van der Waals surface area contributed by atoms with Crippen LogP contribution in [-0.4, -0.2) is 20.2 Å². The number of nitriles is 1. The van der Waals surface area contributed by atoms with Gasteiger partial charge >= 0.3 is 5.97 Å². The van der Waals surface area contributed by atoms with Crippen molar-refractivity contribution in [2.45, 2.75) is 20.1 Å². The first kappa shape index (κ1) is 20.5. The maximum Gasteiger partial charge on any atom is 0.331 e. The van der Waals surface area contributed by atoms with Gasteiger partial charge in [0.15, 0.2) is 0 Å². The maximum atomic E-state index is 12.3. The molecular weight excluding hydrogens is 412 g/mol. The Hall–Kier alpha value is -3.82. The van der Waals surface area contributed by atoms with E-state index in [1.807, 2.05) is 66.1 Å². The van der Waals surface area contributed by atoms with Crippen LogP contribution in [0.1, 0.15) is 27.9 Å². The summed E-state index contributed by atoms with van der Waals surface area (Å²) in [5.41, 5.74) is 4.39. The molecule has 31 heavy (non-hydrogen) atoms. The number of esters is 1. The number of aromatic nitrogens is 3. The van der Waals surface area contributed by atoms with Crippen molar-refractivity contribution < 1.29 is 9.53 Å². The number of fused-ring (bicyclic) bond motifs is 1. The summed E-state index contributed by atoms with van der Waals surface area (Å²) in [4.78, 5) is 12.3. The van der Waals surface area contributed by atoms with E-state index in [9.17, 15) is 10.1 Å². The average molecular weight is 431 g/mol. The maximum absolute atomic E-state index is 12.3. The molecule has 3 heterocycles. The van der Waals surface area contributed by atoms with E-state index in [0.29, 0.717) is 28.4 Å². The number of aryl methyl sites for hydroxylation is 1. The number of carbonyl (C=O) groups excluding carboxylic acids is 1. The van der Waals surface area contributed by atoms with E-state index < -0.39 is 5.97 Å². The summed E-state index contributed by atoms with van der Waals surface area (Å²) in [6.07, 6.45) is 6.57. The fourth-order valence-electron chi connectivity index (χ4n) is 3.38. The van der Waals surface area contributed by atoms with Crippen LogP contribution in [0, 0.1) is 18.3 Å². The van der Waals surface area contributed by atoms with Crippen molar-refractivity contribution in [1.29, 1.82) is 5.26 Å². The number of ether oxygens (including phenoxy) is 1. The molecule has 7 heteroatoms. The predicted molar refractivity (Wildman–Crippen MR) is 118 cm³/mol. The standard InChI is InChI=1S/C24H19ClN4O2/c1-17-20(24(25)29(27-17)14-18-7-3-2-4-8-18)10-11-23(30)31-16-19-15-28-12-6-5-9-22(28)21(19)13-26/h2-12,15H,14,16H2,1H3/b11-10+. The molecule has 0 aliphatic heterocycles. The Morgan fingerprint density at radius 2 is 2.00 bits per heavy atom. The molecule has 0 fully saturated rings. The number of rotatable bonds is 6. The first-order chi connectivity index (χ1) is 15.1. The lowest BCUT2D eigenvalue weighted by molar-refractivity contribution is -0.138. The first-order valence-corrected chi connectivity index (χ1v) is 10.0. The Morgan fingerprint density at radius 3 is 2.77 bits per heavy atom. The van der Waals surface area contributed by atoms with Gasteiger partial charge in [-0.05, 0) is 30.7 Å². The Bertz CT molecular complexity index is 1310. The van der Waals surface area contributed by atoms with Crippen molar-refractivity contribution >= 4 is 29.2 Å². The molecule has 0 amide bonds. The van der Waals surface area contributed by atoms with Crippen LogP contribution < -0.4 is 0 Å². The average Bonchev–Trinajstić information content (AvgIpc) is 3.27. The zero-order valence-corrected chi connectivity index (χ0v) is 17.6. The van der Waals surface area contributed by atoms with Crippen molar-refractivity contribution in [3.05, 3.63) is 100 Å². The van der Waals surface area contributed by atoms with Gasteiger partial charge in [-0.1, -0.05) is 48.0 Å². The molecule has 0 saturated carbocycles. The number of hydrogen-bond acceptors (Lipinski definition) is 4. The highest BCUT2D eigenvalue weighted by Gasteiger charge is 2.13. The molecule has 0 N–H and O–H groups in total. The summed E-state index contributed by atoms with van der Waals surface area (Å²) < 4.78 is 8.88. The summed E-state index contributed by atoms with van der Waals surface area (Å²) in [5.74, 6) is -0.523. The fraction of sp³-hybridized carbons (Fsp3) is 0.125. The highest BCUT2D eigenvalue weighted by Crippen LogP contribution is 2.23. The minimum Gasteiger partial charge on any atom is -0.458 e. The van der Waals surface area contributed by atoms with Gasteiger partial charge in [-0.25, -0.2) is 9.48 Å². The van der Waals surface area contributed by atoms with Crippen LogP contribution in [0.3, 0.4) is 0 Å². The Kier molecular flexibility index (Phi) is 5.87. The first-order valence-electron chi connectivity index (χ1n) is 9.67. The van der Waals surface area contributed by atoms with Crippen LogP contribution in [0.2, 0.25) is 5.15 Å². The molecule has 0 unspecified atom stereocenters. The second-order valence-electron chi connectivity index (χ2n) is 7.01. The molecule has 0 saturated heterocycles. The van der Waals surface area contributed by atoms with E-state index in [4.69, 9.17) is 16.3 Å². The molecule has 0 spiro atoms. The monoisotopic (exact) mass is 430 g/mol. The quantitative estimate of drug-likeness (QED) is 0.326. The van der Waals surface area contributed by atoms with Gasteiger partial charge in [-0.2, -0.15) is 10.4 Å². The van der Waals surface area contributed by atoms with Crippen LogP contribution in [0.4, 0.5) is 0 Å². The normalized spacial score (nSPS) is 11.1. The van der Waals surface area contributed by atoms with Crippen molar-refractivity contribution in [1.82, 2.24) is 14.2 Å². The van der Waals surface area contributed by atoms with Crippen LogP contribution in [0.25, 0.3) is 11.6 Å². The largest absolute Gasteiger partial charge is 0.458 e. The van der Waals surface area contributed by atoms with E-state index in [1.165, 1.54) is 6.08 Å². The number of carbonyl (C=O) groups is 1. The van der Waals surface area contributed by atoms with Gasteiger partial charge < -0.3 is 9.14 Å². The minimum absolute atomic E-state index is 0.00767. The Balaban J connectivity index is 1.45. The molecule has 4 aromatic rings. The molecule has 0 aliphatic carbocycles. The molecule has 4 rings (SSSR count). The topological polar surface area (TPSA) is 72.3 Å². The summed E-state index contributed by atoms with van der Waals surface area (Å²) in [5, 5.41) is 14.4. The lowest BCUT2D eigenvalue weighted by atomic mass is 10.2. The fourth-order valence-corrected chi connectivity index (χ4v) is 3.68. The van der Waals surface area contributed by atoms with E-state index in [1.54, 1.807) is 17.0 Å². The number of nitrogens with zero attached hydrogens (tertiary/aromatic N) is 4. The highest BCUT2D eigenvalue weighted by molar-refractivity contribution is 6.31. The van der Waals surface area contributed by atoms with E-state index in [0.717, 1.165) is 16.8 Å². The van der Waals surface area contributed by atoms with Crippen LogP contribution in [0.5, 0.6) is 0 Å². The van der Waals surface area contributed by atoms with E-state index in [2.05, 4.69) is 11.2 Å². The SMILES string of the molecule is Cc1nn(Cc2ccccc2)c(Cl)c1/C=C/C(=O)OCc1cn2ccccc2c1C#N. The molecular formula is C24H19ClN4O2. The van der Waals surface area contributed by atoms with Gasteiger partial charge in [-0.15, -0.1) is 0 Å². The van der Waals surface area contributed by atoms with Gasteiger partial charge in [0.05, 0.1) is 23.3 Å². The lowest BCUT2D eigenvalue weighted by Gasteiger charge is -2.03. The highest BCUT2D eigenvalue weighted by atomic mass is 35.5. The summed E-state index contributed by atoms with van der Waals surface area (Å²) >= 11 is 6.48. The van der Waals surface area contributed by atoms with Gasteiger partial charge in [0.2, 0.25) is 0 Å². The third-order valence-electron chi connectivity index (χ3n) is 4.91. The second kappa shape index (κ2) is 8.90. The number of benzene rings is 1. The van der Waals surface area contributed by atoms with E-state index in [-0.39, 0.29) is 6.61 Å². The summed E-state index contributed by atoms with van der Waals surface area (Å²) in [6, 6.07) is 17.6. The zero-order chi connectivity index (χ0) is 21.8. The van der Waals surface area contributed by atoms with Crippen molar-refractivity contribution in [3.63, 3.8) is 0 Å². The van der Waals surface area contributed by atoms with Crippen LogP contribution in [0.15, 0.2) is 67.0 Å². The second-order valence-corrected chi connectivity index (χ2v) is 7.37. The molecule has 0 atom stereocenters. The number of halogens is 1. The molecule has 3 aromatic heterocycles. The van der Waals surface area contributed by atoms with Gasteiger partial charge in [0.25, 0.3) is 0 Å². The smallest absolute Gasteiger partial charge is 0.331 e. The van der Waals surface area contributed by atoms with Crippen LogP contribution in [-0.2, 0) is 22.7 Å². The molecule has 6 nitrogen and oxygen atoms in total. The molecule has 154 valence electrons. The predicted octanol–water partition coefficient (Wildman–Crippen LogP) is 4.77.